The topological polar surface area (TPSA) is 49.3 Å². The first-order chi connectivity index (χ1) is 5.66. The normalized spacial score (nSPS) is 36.0. The maximum Gasteiger partial charge on any atom is 0.207 e. The van der Waals surface area contributed by atoms with Crippen molar-refractivity contribution < 1.29 is 9.90 Å². The summed E-state index contributed by atoms with van der Waals surface area (Å²) in [6, 6.07) is 0. The minimum atomic E-state index is -0.632. The lowest BCUT2D eigenvalue weighted by Crippen LogP contribution is -2.42. The highest BCUT2D eigenvalue weighted by molar-refractivity contribution is 5.46. The van der Waals surface area contributed by atoms with Crippen LogP contribution in [-0.2, 0) is 4.79 Å². The molecular weight excluding hydrogens is 154 g/mol. The van der Waals surface area contributed by atoms with Crippen molar-refractivity contribution in [3.05, 3.63) is 0 Å². The number of carbonyl (C=O) groups is 1. The Morgan fingerprint density at radius 2 is 2.17 bits per heavy atom. The summed E-state index contributed by atoms with van der Waals surface area (Å²) in [6.45, 7) is 2.61. The van der Waals surface area contributed by atoms with Gasteiger partial charge in [0.05, 0.1) is 5.60 Å². The van der Waals surface area contributed by atoms with E-state index >= 15 is 0 Å². The lowest BCUT2D eigenvalue weighted by Gasteiger charge is -2.34. The van der Waals surface area contributed by atoms with Gasteiger partial charge >= 0.3 is 0 Å². The highest BCUT2D eigenvalue weighted by Crippen LogP contribution is 2.30. The second kappa shape index (κ2) is 3.90. The van der Waals surface area contributed by atoms with Gasteiger partial charge in [0.15, 0.2) is 0 Å². The van der Waals surface area contributed by atoms with Gasteiger partial charge in [0.1, 0.15) is 0 Å². The molecule has 70 valence electrons. The number of amides is 1. The number of nitrogens with one attached hydrogen (secondary N) is 1. The molecule has 0 radical (unpaired) electrons. The third kappa shape index (κ3) is 2.48. The molecule has 0 heterocycles. The Hall–Kier alpha value is -0.570. The molecule has 3 heteroatoms. The van der Waals surface area contributed by atoms with E-state index in [1.54, 1.807) is 0 Å². The van der Waals surface area contributed by atoms with Gasteiger partial charge in [-0.2, -0.15) is 0 Å². The molecule has 1 rings (SSSR count). The van der Waals surface area contributed by atoms with Crippen LogP contribution < -0.4 is 5.32 Å². The molecule has 1 fully saturated rings. The fraction of sp³-hybridized carbons (Fsp3) is 0.889. The standard InChI is InChI=1S/C9H17NO2/c1-8-2-4-9(12,5-3-8)6-10-7-11/h7-8,12H,2-6H2,1H3,(H,10,11). The lowest BCUT2D eigenvalue weighted by molar-refractivity contribution is -0.111. The average Bonchev–Trinajstić information content (AvgIpc) is 2.08. The number of aliphatic hydroxyl groups is 1. The molecule has 1 aliphatic rings. The molecule has 0 aromatic carbocycles. The van der Waals surface area contributed by atoms with Crippen LogP contribution in [0.1, 0.15) is 32.6 Å². The fourth-order valence-electron chi connectivity index (χ4n) is 1.71. The average molecular weight is 171 g/mol. The number of hydrogen-bond donors (Lipinski definition) is 2. The third-order valence-electron chi connectivity index (χ3n) is 2.72. The van der Waals surface area contributed by atoms with Crippen molar-refractivity contribution in [2.45, 2.75) is 38.2 Å². The van der Waals surface area contributed by atoms with Gasteiger partial charge in [-0.25, -0.2) is 0 Å². The van der Waals surface area contributed by atoms with Gasteiger partial charge in [-0.1, -0.05) is 6.92 Å². The highest BCUT2D eigenvalue weighted by atomic mass is 16.3. The predicted molar refractivity (Wildman–Crippen MR) is 46.6 cm³/mol. The van der Waals surface area contributed by atoms with Crippen molar-refractivity contribution in [1.82, 2.24) is 5.32 Å². The van der Waals surface area contributed by atoms with Gasteiger partial charge in [-0.05, 0) is 31.6 Å². The maximum atomic E-state index is 10.0. The molecule has 0 bridgehead atoms. The van der Waals surface area contributed by atoms with Gasteiger partial charge in [0.25, 0.3) is 0 Å². The molecule has 0 unspecified atom stereocenters. The van der Waals surface area contributed by atoms with Crippen molar-refractivity contribution in [2.24, 2.45) is 5.92 Å². The molecular formula is C9H17NO2. The first-order valence-corrected chi connectivity index (χ1v) is 4.56. The monoisotopic (exact) mass is 171 g/mol. The lowest BCUT2D eigenvalue weighted by atomic mass is 9.79. The van der Waals surface area contributed by atoms with Crippen LogP contribution in [-0.4, -0.2) is 23.7 Å². The Kier molecular flexibility index (Phi) is 3.09. The molecule has 2 N–H and O–H groups in total. The molecule has 12 heavy (non-hydrogen) atoms. The molecule has 0 atom stereocenters. The summed E-state index contributed by atoms with van der Waals surface area (Å²) in [5.74, 6) is 0.724. The summed E-state index contributed by atoms with van der Waals surface area (Å²) >= 11 is 0. The summed E-state index contributed by atoms with van der Waals surface area (Å²) in [4.78, 5) is 10.0. The quantitative estimate of drug-likeness (QED) is 0.613. The molecule has 0 saturated heterocycles. The Balaban J connectivity index is 2.33. The SMILES string of the molecule is CC1CCC(O)(CNC=O)CC1. The van der Waals surface area contributed by atoms with Crippen molar-refractivity contribution >= 4 is 6.41 Å². The summed E-state index contributed by atoms with van der Waals surface area (Å²) in [5, 5.41) is 12.4. The van der Waals surface area contributed by atoms with Crippen LogP contribution in [0.25, 0.3) is 0 Å². The van der Waals surface area contributed by atoms with Gasteiger partial charge in [-0.3, -0.25) is 4.79 Å². The van der Waals surface area contributed by atoms with Gasteiger partial charge < -0.3 is 10.4 Å². The number of carbonyl (C=O) groups excluding carboxylic acids is 1. The van der Waals surface area contributed by atoms with Gasteiger partial charge in [0.2, 0.25) is 6.41 Å². The third-order valence-corrected chi connectivity index (χ3v) is 2.72. The second-order valence-electron chi connectivity index (χ2n) is 3.91. The van der Waals surface area contributed by atoms with Crippen LogP contribution in [0.15, 0.2) is 0 Å². The molecule has 0 aromatic heterocycles. The van der Waals surface area contributed by atoms with Crippen molar-refractivity contribution in [3.8, 4) is 0 Å². The Morgan fingerprint density at radius 1 is 1.58 bits per heavy atom. The Labute approximate surface area is 73.2 Å². The highest BCUT2D eigenvalue weighted by Gasteiger charge is 2.31. The zero-order valence-corrected chi connectivity index (χ0v) is 7.55. The second-order valence-corrected chi connectivity index (χ2v) is 3.91. The van der Waals surface area contributed by atoms with E-state index in [0.29, 0.717) is 13.0 Å². The van der Waals surface area contributed by atoms with Crippen LogP contribution >= 0.6 is 0 Å². The minimum absolute atomic E-state index is 0.406. The number of rotatable bonds is 3. The molecule has 3 nitrogen and oxygen atoms in total. The maximum absolute atomic E-state index is 10.0. The minimum Gasteiger partial charge on any atom is -0.388 e. The van der Waals surface area contributed by atoms with E-state index in [0.717, 1.165) is 31.6 Å². The van der Waals surface area contributed by atoms with Crippen molar-refractivity contribution in [1.29, 1.82) is 0 Å². The predicted octanol–water partition coefficient (Wildman–Crippen LogP) is 0.674. The van der Waals surface area contributed by atoms with E-state index in [1.165, 1.54) is 0 Å². The molecule has 1 amide bonds. The first-order valence-electron chi connectivity index (χ1n) is 4.56. The van der Waals surface area contributed by atoms with Crippen LogP contribution in [0.4, 0.5) is 0 Å². The van der Waals surface area contributed by atoms with Crippen molar-refractivity contribution in [3.63, 3.8) is 0 Å². The Bertz CT molecular complexity index is 151. The Morgan fingerprint density at radius 3 is 2.67 bits per heavy atom. The summed E-state index contributed by atoms with van der Waals surface area (Å²) < 4.78 is 0. The van der Waals surface area contributed by atoms with E-state index in [2.05, 4.69) is 12.2 Å². The molecule has 1 saturated carbocycles. The van der Waals surface area contributed by atoms with E-state index in [-0.39, 0.29) is 0 Å². The summed E-state index contributed by atoms with van der Waals surface area (Å²) in [6.07, 6.45) is 4.41. The van der Waals surface area contributed by atoms with Crippen molar-refractivity contribution in [2.75, 3.05) is 6.54 Å². The molecule has 0 aromatic rings. The summed E-state index contributed by atoms with van der Waals surface area (Å²) in [7, 11) is 0. The fourth-order valence-corrected chi connectivity index (χ4v) is 1.71. The first kappa shape index (κ1) is 9.52. The molecule has 0 spiro atoms. The van der Waals surface area contributed by atoms with Gasteiger partial charge in [-0.15, -0.1) is 0 Å². The largest absolute Gasteiger partial charge is 0.388 e. The zero-order valence-electron chi connectivity index (χ0n) is 7.55. The smallest absolute Gasteiger partial charge is 0.207 e. The van der Waals surface area contributed by atoms with E-state index in [9.17, 15) is 9.90 Å². The van der Waals surface area contributed by atoms with E-state index in [4.69, 9.17) is 0 Å². The van der Waals surface area contributed by atoms with Gasteiger partial charge in [0, 0.05) is 6.54 Å². The molecule has 0 aliphatic heterocycles. The van der Waals surface area contributed by atoms with Crippen LogP contribution in [0.3, 0.4) is 0 Å². The van der Waals surface area contributed by atoms with Crippen LogP contribution in [0.5, 0.6) is 0 Å². The molecule has 1 aliphatic carbocycles. The number of hydrogen-bond acceptors (Lipinski definition) is 2. The van der Waals surface area contributed by atoms with E-state index in [1.807, 2.05) is 0 Å². The van der Waals surface area contributed by atoms with Crippen LogP contribution in [0.2, 0.25) is 0 Å². The van der Waals surface area contributed by atoms with Crippen LogP contribution in [0, 0.1) is 5.92 Å². The summed E-state index contributed by atoms with van der Waals surface area (Å²) in [5.41, 5.74) is -0.632. The zero-order chi connectivity index (χ0) is 9.03. The van der Waals surface area contributed by atoms with E-state index < -0.39 is 5.60 Å².